The quantitative estimate of drug-likeness (QED) is 0.785. The number of aromatic nitrogens is 3. The van der Waals surface area contributed by atoms with Gasteiger partial charge in [-0.1, -0.05) is 12.1 Å². The third-order valence-electron chi connectivity index (χ3n) is 4.96. The second-order valence-corrected chi connectivity index (χ2v) is 6.86. The Morgan fingerprint density at radius 2 is 2.19 bits per heavy atom. The molecule has 9 nitrogen and oxygen atoms in total. The summed E-state index contributed by atoms with van der Waals surface area (Å²) in [7, 11) is 3.96. The lowest BCUT2D eigenvalue weighted by atomic mass is 10.0. The lowest BCUT2D eigenvalue weighted by molar-refractivity contribution is -0.0601. The van der Waals surface area contributed by atoms with Crippen LogP contribution in [0.4, 0.5) is 4.79 Å². The maximum atomic E-state index is 12.3. The molecule has 1 saturated heterocycles. The van der Waals surface area contributed by atoms with E-state index in [2.05, 4.69) is 32.8 Å². The molecule has 0 unspecified atom stereocenters. The molecule has 2 aromatic rings. The number of amides is 2. The van der Waals surface area contributed by atoms with E-state index in [0.717, 1.165) is 35.5 Å². The van der Waals surface area contributed by atoms with Gasteiger partial charge in [0.15, 0.2) is 0 Å². The highest BCUT2D eigenvalue weighted by molar-refractivity contribution is 5.73. The molecule has 2 atom stereocenters. The Kier molecular flexibility index (Phi) is 6.12. The Morgan fingerprint density at radius 1 is 1.37 bits per heavy atom. The third kappa shape index (κ3) is 4.48. The highest BCUT2D eigenvalue weighted by Gasteiger charge is 2.32. The summed E-state index contributed by atoms with van der Waals surface area (Å²) in [5, 5.41) is 14.1. The fourth-order valence-electron chi connectivity index (χ4n) is 3.46. The van der Waals surface area contributed by atoms with Crippen LogP contribution < -0.4 is 10.6 Å². The van der Waals surface area contributed by atoms with E-state index in [9.17, 15) is 4.79 Å². The molecule has 148 valence electrons. The molecule has 0 saturated carbocycles. The Morgan fingerprint density at radius 3 is 2.89 bits per heavy atom. The fourth-order valence-corrected chi connectivity index (χ4v) is 3.46. The van der Waals surface area contributed by atoms with Crippen molar-refractivity contribution < 1.29 is 14.1 Å². The van der Waals surface area contributed by atoms with Gasteiger partial charge in [-0.25, -0.2) is 4.79 Å². The molecular weight excluding hydrogens is 348 g/mol. The van der Waals surface area contributed by atoms with Crippen molar-refractivity contribution in [2.75, 3.05) is 26.7 Å². The average Bonchev–Trinajstić information content (AvgIpc) is 3.23. The van der Waals surface area contributed by atoms with Crippen molar-refractivity contribution in [2.24, 2.45) is 7.05 Å². The number of carbonyl (C=O) groups excluding carboxylic acids is 1. The smallest absolute Gasteiger partial charge is 0.315 e. The molecule has 0 radical (unpaired) electrons. The predicted octanol–water partition coefficient (Wildman–Crippen LogP) is 1.15. The van der Waals surface area contributed by atoms with E-state index in [4.69, 9.17) is 9.26 Å². The summed E-state index contributed by atoms with van der Waals surface area (Å²) >= 11 is 0. The molecule has 9 heteroatoms. The minimum absolute atomic E-state index is 0.0553. The molecule has 0 aliphatic carbocycles. The molecule has 0 aromatic carbocycles. The maximum Gasteiger partial charge on any atom is 0.315 e. The Bertz CT molecular complexity index is 771. The first-order chi connectivity index (χ1) is 13.0. The SMILES string of the molecule is CCc1noc(C)c1CNC(=O)NC[C@@H]1OCCN(C)[C@H]1c1cnn(C)c1. The molecule has 3 heterocycles. The van der Waals surface area contributed by atoms with Crippen molar-refractivity contribution in [3.8, 4) is 0 Å². The number of hydrogen-bond acceptors (Lipinski definition) is 6. The zero-order chi connectivity index (χ0) is 19.4. The highest BCUT2D eigenvalue weighted by Crippen LogP contribution is 2.27. The maximum absolute atomic E-state index is 12.3. The van der Waals surface area contributed by atoms with Gasteiger partial charge in [-0.3, -0.25) is 9.58 Å². The highest BCUT2D eigenvalue weighted by atomic mass is 16.5. The van der Waals surface area contributed by atoms with Crippen LogP contribution >= 0.6 is 0 Å². The van der Waals surface area contributed by atoms with Crippen LogP contribution in [0.5, 0.6) is 0 Å². The van der Waals surface area contributed by atoms with Crippen LogP contribution in [0.15, 0.2) is 16.9 Å². The summed E-state index contributed by atoms with van der Waals surface area (Å²) in [5.74, 6) is 0.737. The van der Waals surface area contributed by atoms with E-state index in [1.54, 1.807) is 4.68 Å². The van der Waals surface area contributed by atoms with Crippen molar-refractivity contribution in [1.29, 1.82) is 0 Å². The molecular formula is C18H28N6O3. The van der Waals surface area contributed by atoms with Crippen LogP contribution in [-0.4, -0.2) is 58.7 Å². The molecule has 2 N–H and O–H groups in total. The number of likely N-dealkylation sites (N-methyl/N-ethyl adjacent to an activating group) is 1. The Labute approximate surface area is 159 Å². The van der Waals surface area contributed by atoms with Gasteiger partial charge in [-0.05, 0) is 20.4 Å². The van der Waals surface area contributed by atoms with Gasteiger partial charge in [0.2, 0.25) is 0 Å². The lowest BCUT2D eigenvalue weighted by Gasteiger charge is -2.38. The average molecular weight is 376 g/mol. The van der Waals surface area contributed by atoms with Gasteiger partial charge in [0.1, 0.15) is 5.76 Å². The number of ether oxygens (including phenoxy) is 1. The Hall–Kier alpha value is -2.39. The van der Waals surface area contributed by atoms with Crippen LogP contribution in [0.3, 0.4) is 0 Å². The van der Waals surface area contributed by atoms with Gasteiger partial charge in [0.05, 0.1) is 30.6 Å². The fraction of sp³-hybridized carbons (Fsp3) is 0.611. The number of hydrogen-bond donors (Lipinski definition) is 2. The van der Waals surface area contributed by atoms with Crippen molar-refractivity contribution in [3.63, 3.8) is 0 Å². The number of aryl methyl sites for hydroxylation is 3. The normalized spacial score (nSPS) is 20.6. The van der Waals surface area contributed by atoms with Gasteiger partial charge in [0, 0.05) is 44.0 Å². The monoisotopic (exact) mass is 376 g/mol. The zero-order valence-electron chi connectivity index (χ0n) is 16.4. The van der Waals surface area contributed by atoms with Crippen molar-refractivity contribution >= 4 is 6.03 Å². The van der Waals surface area contributed by atoms with Gasteiger partial charge in [0.25, 0.3) is 0 Å². The molecule has 0 spiro atoms. The number of urea groups is 1. The van der Waals surface area contributed by atoms with Crippen molar-refractivity contribution in [1.82, 2.24) is 30.5 Å². The third-order valence-corrected chi connectivity index (χ3v) is 4.96. The summed E-state index contributed by atoms with van der Waals surface area (Å²) in [6, 6.07) is -0.181. The van der Waals surface area contributed by atoms with Gasteiger partial charge < -0.3 is 19.9 Å². The molecule has 2 amide bonds. The van der Waals surface area contributed by atoms with E-state index in [0.29, 0.717) is 19.7 Å². The van der Waals surface area contributed by atoms with E-state index in [1.165, 1.54) is 0 Å². The number of nitrogens with zero attached hydrogens (tertiary/aromatic N) is 4. The van der Waals surface area contributed by atoms with Crippen LogP contribution in [0.2, 0.25) is 0 Å². The molecule has 1 fully saturated rings. The number of morpholine rings is 1. The summed E-state index contributed by atoms with van der Waals surface area (Å²) in [6.07, 6.45) is 4.47. The summed E-state index contributed by atoms with van der Waals surface area (Å²) in [6.45, 7) is 6.15. The second-order valence-electron chi connectivity index (χ2n) is 6.86. The van der Waals surface area contributed by atoms with E-state index < -0.39 is 0 Å². The first-order valence-corrected chi connectivity index (χ1v) is 9.25. The number of carbonyl (C=O) groups is 1. The summed E-state index contributed by atoms with van der Waals surface area (Å²) in [4.78, 5) is 14.5. The first kappa shape index (κ1) is 19.4. The van der Waals surface area contributed by atoms with Crippen LogP contribution in [0.25, 0.3) is 0 Å². The molecule has 27 heavy (non-hydrogen) atoms. The molecule has 0 bridgehead atoms. The number of nitrogens with one attached hydrogen (secondary N) is 2. The van der Waals surface area contributed by atoms with E-state index in [-0.39, 0.29) is 18.2 Å². The van der Waals surface area contributed by atoms with Gasteiger partial charge in [-0.15, -0.1) is 0 Å². The van der Waals surface area contributed by atoms with Crippen LogP contribution in [0, 0.1) is 6.92 Å². The van der Waals surface area contributed by atoms with E-state index >= 15 is 0 Å². The van der Waals surface area contributed by atoms with Crippen LogP contribution in [0.1, 0.15) is 35.5 Å². The molecule has 3 rings (SSSR count). The van der Waals surface area contributed by atoms with Crippen molar-refractivity contribution in [2.45, 2.75) is 39.0 Å². The minimum atomic E-state index is -0.237. The standard InChI is InChI=1S/C18H28N6O3/c1-5-15-14(12(2)27-22-15)9-19-18(25)20-10-16-17(23(3)6-7-26-16)13-8-21-24(4)11-13/h8,11,16-17H,5-7,9-10H2,1-4H3,(H2,19,20,25)/t16-,17-/m0/s1. The second kappa shape index (κ2) is 8.53. The minimum Gasteiger partial charge on any atom is -0.373 e. The van der Waals surface area contributed by atoms with Crippen molar-refractivity contribution in [3.05, 3.63) is 35.0 Å². The lowest BCUT2D eigenvalue weighted by Crippen LogP contribution is -2.49. The van der Waals surface area contributed by atoms with Gasteiger partial charge >= 0.3 is 6.03 Å². The van der Waals surface area contributed by atoms with E-state index in [1.807, 2.05) is 33.3 Å². The zero-order valence-corrected chi connectivity index (χ0v) is 16.4. The molecule has 1 aliphatic heterocycles. The number of rotatable bonds is 6. The molecule has 2 aromatic heterocycles. The summed E-state index contributed by atoms with van der Waals surface area (Å²) in [5.41, 5.74) is 2.90. The topological polar surface area (TPSA) is 97.4 Å². The first-order valence-electron chi connectivity index (χ1n) is 9.25. The Balaban J connectivity index is 1.56. The summed E-state index contributed by atoms with van der Waals surface area (Å²) < 4.78 is 12.9. The van der Waals surface area contributed by atoms with Crippen LogP contribution in [-0.2, 0) is 24.8 Å². The molecule has 1 aliphatic rings. The van der Waals surface area contributed by atoms with Gasteiger partial charge in [-0.2, -0.15) is 5.10 Å². The predicted molar refractivity (Wildman–Crippen MR) is 99.2 cm³/mol. The largest absolute Gasteiger partial charge is 0.373 e.